The molecule has 0 aromatic heterocycles. The largest absolute Gasteiger partial charge is 0.490 e. The zero-order valence-corrected chi connectivity index (χ0v) is 17.3. The van der Waals surface area contributed by atoms with Crippen molar-refractivity contribution in [1.29, 1.82) is 0 Å². The highest BCUT2D eigenvalue weighted by Crippen LogP contribution is 2.18. The molecule has 0 aliphatic heterocycles. The lowest BCUT2D eigenvalue weighted by Crippen LogP contribution is -2.21. The SMILES string of the molecule is CC(=O)Nc1cccc(NCC(=O)Nc2cccc(OCCOc3ccccc3)c2)c1. The maximum absolute atomic E-state index is 12.3. The van der Waals surface area contributed by atoms with E-state index in [4.69, 9.17) is 9.47 Å². The van der Waals surface area contributed by atoms with Gasteiger partial charge in [0, 0.05) is 30.1 Å². The smallest absolute Gasteiger partial charge is 0.243 e. The molecular formula is C24H25N3O4. The van der Waals surface area contributed by atoms with Gasteiger partial charge < -0.3 is 25.4 Å². The van der Waals surface area contributed by atoms with E-state index in [2.05, 4.69) is 16.0 Å². The Hall–Kier alpha value is -4.00. The molecule has 0 aliphatic rings. The van der Waals surface area contributed by atoms with Gasteiger partial charge in [0.25, 0.3) is 0 Å². The number of para-hydroxylation sites is 1. The molecule has 3 N–H and O–H groups in total. The van der Waals surface area contributed by atoms with E-state index < -0.39 is 0 Å². The van der Waals surface area contributed by atoms with Crippen molar-refractivity contribution in [2.45, 2.75) is 6.92 Å². The number of amides is 2. The van der Waals surface area contributed by atoms with Gasteiger partial charge in [-0.1, -0.05) is 30.3 Å². The van der Waals surface area contributed by atoms with Crippen molar-refractivity contribution >= 4 is 28.9 Å². The summed E-state index contributed by atoms with van der Waals surface area (Å²) in [6.45, 7) is 2.34. The first-order valence-electron chi connectivity index (χ1n) is 9.90. The van der Waals surface area contributed by atoms with Crippen LogP contribution in [0.5, 0.6) is 11.5 Å². The van der Waals surface area contributed by atoms with Crippen LogP contribution in [0, 0.1) is 0 Å². The van der Waals surface area contributed by atoms with Gasteiger partial charge in [0.1, 0.15) is 24.7 Å². The van der Waals surface area contributed by atoms with Gasteiger partial charge >= 0.3 is 0 Å². The second-order valence-corrected chi connectivity index (χ2v) is 6.70. The molecule has 0 atom stereocenters. The summed E-state index contributed by atoms with van der Waals surface area (Å²) >= 11 is 0. The van der Waals surface area contributed by atoms with Gasteiger partial charge in [0.15, 0.2) is 0 Å². The molecule has 31 heavy (non-hydrogen) atoms. The maximum atomic E-state index is 12.3. The van der Waals surface area contributed by atoms with E-state index in [1.165, 1.54) is 6.92 Å². The van der Waals surface area contributed by atoms with E-state index in [9.17, 15) is 9.59 Å². The molecule has 160 valence electrons. The number of benzene rings is 3. The molecule has 3 aromatic carbocycles. The minimum atomic E-state index is -0.200. The van der Waals surface area contributed by atoms with Gasteiger partial charge in [0.2, 0.25) is 11.8 Å². The van der Waals surface area contributed by atoms with Crippen LogP contribution in [0.25, 0.3) is 0 Å². The van der Waals surface area contributed by atoms with Gasteiger partial charge in [-0.3, -0.25) is 9.59 Å². The minimum Gasteiger partial charge on any atom is -0.490 e. The molecule has 0 heterocycles. The van der Waals surface area contributed by atoms with Crippen molar-refractivity contribution in [2.24, 2.45) is 0 Å². The first kappa shape index (κ1) is 21.7. The summed E-state index contributed by atoms with van der Waals surface area (Å²) in [7, 11) is 0. The van der Waals surface area contributed by atoms with E-state index in [1.54, 1.807) is 30.3 Å². The molecule has 3 rings (SSSR count). The van der Waals surface area contributed by atoms with Crippen LogP contribution in [-0.2, 0) is 9.59 Å². The Balaban J connectivity index is 1.43. The fraction of sp³-hybridized carbons (Fsp3) is 0.167. The average molecular weight is 419 g/mol. The fourth-order valence-corrected chi connectivity index (χ4v) is 2.80. The monoisotopic (exact) mass is 419 g/mol. The average Bonchev–Trinajstić information content (AvgIpc) is 2.76. The third kappa shape index (κ3) is 7.74. The van der Waals surface area contributed by atoms with Crippen LogP contribution in [0.3, 0.4) is 0 Å². The van der Waals surface area contributed by atoms with E-state index in [0.717, 1.165) is 11.4 Å². The lowest BCUT2D eigenvalue weighted by molar-refractivity contribution is -0.115. The van der Waals surface area contributed by atoms with Gasteiger partial charge in [0.05, 0.1) is 6.54 Å². The summed E-state index contributed by atoms with van der Waals surface area (Å²) in [4.78, 5) is 23.4. The van der Waals surface area contributed by atoms with Gasteiger partial charge in [-0.2, -0.15) is 0 Å². The van der Waals surface area contributed by atoms with Crippen LogP contribution in [0.2, 0.25) is 0 Å². The number of hydrogen-bond acceptors (Lipinski definition) is 5. The molecule has 0 radical (unpaired) electrons. The number of nitrogens with one attached hydrogen (secondary N) is 3. The molecule has 3 aromatic rings. The molecule has 7 nitrogen and oxygen atoms in total. The summed E-state index contributed by atoms with van der Waals surface area (Å²) in [5, 5.41) is 8.58. The summed E-state index contributed by atoms with van der Waals surface area (Å²) in [6.07, 6.45) is 0. The van der Waals surface area contributed by atoms with Crippen LogP contribution in [0.4, 0.5) is 17.1 Å². The Bertz CT molecular complexity index is 1010. The van der Waals surface area contributed by atoms with E-state index in [0.29, 0.717) is 30.3 Å². The zero-order valence-electron chi connectivity index (χ0n) is 17.3. The van der Waals surface area contributed by atoms with E-state index in [1.807, 2.05) is 48.5 Å². The van der Waals surface area contributed by atoms with Crippen LogP contribution < -0.4 is 25.4 Å². The van der Waals surface area contributed by atoms with Crippen molar-refractivity contribution in [1.82, 2.24) is 0 Å². The highest BCUT2D eigenvalue weighted by Gasteiger charge is 2.05. The standard InChI is InChI=1S/C24H25N3O4/c1-18(28)26-20-8-5-7-19(15-20)25-17-24(29)27-21-9-6-12-23(16-21)31-14-13-30-22-10-3-2-4-11-22/h2-12,15-16,25H,13-14,17H2,1H3,(H,26,28)(H,27,29). The molecule has 0 bridgehead atoms. The van der Waals surface area contributed by atoms with Crippen LogP contribution in [-0.4, -0.2) is 31.6 Å². The van der Waals surface area contributed by atoms with E-state index in [-0.39, 0.29) is 18.4 Å². The highest BCUT2D eigenvalue weighted by molar-refractivity contribution is 5.94. The quantitative estimate of drug-likeness (QED) is 0.430. The van der Waals surface area contributed by atoms with Crippen molar-refractivity contribution in [2.75, 3.05) is 35.7 Å². The molecule has 0 unspecified atom stereocenters. The Morgan fingerprint density at radius 3 is 2.06 bits per heavy atom. The predicted molar refractivity (Wildman–Crippen MR) is 122 cm³/mol. The van der Waals surface area contributed by atoms with Crippen LogP contribution >= 0.6 is 0 Å². The summed E-state index contributed by atoms with van der Waals surface area (Å²) < 4.78 is 11.3. The lowest BCUT2D eigenvalue weighted by Gasteiger charge is -2.11. The number of carbonyl (C=O) groups excluding carboxylic acids is 2. The first-order chi connectivity index (χ1) is 15.1. The first-order valence-corrected chi connectivity index (χ1v) is 9.90. The normalized spacial score (nSPS) is 10.1. The topological polar surface area (TPSA) is 88.7 Å². The third-order valence-electron chi connectivity index (χ3n) is 4.12. The zero-order chi connectivity index (χ0) is 21.9. The third-order valence-corrected chi connectivity index (χ3v) is 4.12. The van der Waals surface area contributed by atoms with Gasteiger partial charge in [-0.05, 0) is 42.5 Å². The maximum Gasteiger partial charge on any atom is 0.243 e. The number of ether oxygens (including phenoxy) is 2. The number of hydrogen-bond donors (Lipinski definition) is 3. The minimum absolute atomic E-state index is 0.0829. The van der Waals surface area contributed by atoms with Crippen molar-refractivity contribution in [3.63, 3.8) is 0 Å². The molecule has 7 heteroatoms. The summed E-state index contributed by atoms with van der Waals surface area (Å²) in [5.74, 6) is 1.09. The molecular weight excluding hydrogens is 394 g/mol. The molecule has 0 spiro atoms. The summed E-state index contributed by atoms with van der Waals surface area (Å²) in [5.41, 5.74) is 2.04. The predicted octanol–water partition coefficient (Wildman–Crippen LogP) is 4.15. The van der Waals surface area contributed by atoms with Gasteiger partial charge in [-0.15, -0.1) is 0 Å². The number of rotatable bonds is 10. The number of anilines is 3. The van der Waals surface area contributed by atoms with Crippen LogP contribution in [0.1, 0.15) is 6.92 Å². The molecule has 0 aliphatic carbocycles. The fourth-order valence-electron chi connectivity index (χ4n) is 2.80. The van der Waals surface area contributed by atoms with Crippen molar-refractivity contribution in [3.05, 3.63) is 78.9 Å². The Morgan fingerprint density at radius 2 is 1.32 bits per heavy atom. The molecule has 2 amide bonds. The second kappa shape index (κ2) is 11.3. The molecule has 0 saturated heterocycles. The van der Waals surface area contributed by atoms with Crippen molar-refractivity contribution < 1.29 is 19.1 Å². The van der Waals surface area contributed by atoms with Crippen LogP contribution in [0.15, 0.2) is 78.9 Å². The Morgan fingerprint density at radius 1 is 0.710 bits per heavy atom. The summed E-state index contributed by atoms with van der Waals surface area (Å²) in [6, 6.07) is 23.9. The Labute approximate surface area is 181 Å². The van der Waals surface area contributed by atoms with E-state index >= 15 is 0 Å². The lowest BCUT2D eigenvalue weighted by atomic mass is 10.2. The van der Waals surface area contributed by atoms with Crippen molar-refractivity contribution in [3.8, 4) is 11.5 Å². The molecule has 0 saturated carbocycles. The second-order valence-electron chi connectivity index (χ2n) is 6.70. The number of carbonyl (C=O) groups is 2. The highest BCUT2D eigenvalue weighted by atomic mass is 16.5. The van der Waals surface area contributed by atoms with Gasteiger partial charge in [-0.25, -0.2) is 0 Å². The molecule has 0 fully saturated rings. The Kier molecular flexibility index (Phi) is 7.88.